The molecule has 0 unspecified atom stereocenters. The Bertz CT molecular complexity index is 1300. The predicted octanol–water partition coefficient (Wildman–Crippen LogP) is 6.44. The fraction of sp³-hybridized carbons (Fsp3) is 0. The minimum Gasteiger partial charge on any atom is -0.308 e. The molecule has 0 aliphatic carbocycles. The Morgan fingerprint density at radius 3 is 1.09 bits per heavy atom. The smallest absolute Gasteiger partial charge is 0.308 e. The van der Waals surface area contributed by atoms with Crippen LogP contribution in [0.3, 0.4) is 0 Å². The van der Waals surface area contributed by atoms with E-state index in [2.05, 4.69) is 21.3 Å². The van der Waals surface area contributed by atoms with E-state index in [0.717, 1.165) is 0 Å². The van der Waals surface area contributed by atoms with Crippen molar-refractivity contribution in [1.82, 2.24) is 0 Å². The molecule has 4 rings (SSSR count). The lowest BCUT2D eigenvalue weighted by Crippen LogP contribution is -2.19. The van der Waals surface area contributed by atoms with Gasteiger partial charge in [0.05, 0.1) is 9.79 Å². The van der Waals surface area contributed by atoms with E-state index >= 15 is 0 Å². The van der Waals surface area contributed by atoms with E-state index in [1.807, 2.05) is 36.4 Å². The zero-order chi connectivity index (χ0) is 24.7. The van der Waals surface area contributed by atoms with Crippen LogP contribution < -0.4 is 21.3 Å². The number of nitrogens with one attached hydrogen (secondary N) is 5. The van der Waals surface area contributed by atoms with Crippen molar-refractivity contribution < 1.29 is 13.8 Å². The quantitative estimate of drug-likeness (QED) is 0.216. The molecule has 0 saturated heterocycles. The monoisotopic (exact) mass is 485 g/mol. The van der Waals surface area contributed by atoms with Gasteiger partial charge in [-0.25, -0.2) is 18.6 Å². The molecule has 4 aromatic rings. The van der Waals surface area contributed by atoms with Crippen LogP contribution in [0.4, 0.5) is 32.3 Å². The molecular weight excluding hydrogens is 462 g/mol. The van der Waals surface area contributed by atoms with Gasteiger partial charge in [-0.05, 0) is 72.8 Å². The average Bonchev–Trinajstić information content (AvgIpc) is 2.86. The van der Waals surface area contributed by atoms with Gasteiger partial charge >= 0.3 is 12.1 Å². The molecule has 0 saturated carbocycles. The van der Waals surface area contributed by atoms with Crippen LogP contribution in [0.2, 0.25) is 0 Å². The van der Waals surface area contributed by atoms with Crippen molar-refractivity contribution >= 4 is 44.5 Å². The second kappa shape index (κ2) is 10.5. The van der Waals surface area contributed by atoms with E-state index in [0.29, 0.717) is 32.5 Å². The topological polar surface area (TPSA) is 123 Å². The third kappa shape index (κ3) is 6.24. The number of hydrogen-bond donors (Lipinski definition) is 5. The third-order valence-electron chi connectivity index (χ3n) is 4.95. The van der Waals surface area contributed by atoms with Crippen LogP contribution >= 0.6 is 0 Å². The standard InChI is InChI=1S/C26H23N5O3S/c27-35(34,23-15-11-21(12-16-23)30-25(32)28-19-7-3-1-4-8-19)24-17-13-22(14-18-24)31-26(33)29-20-9-5-2-6-10-20/h1-18,27H,(H2,28,30,32)(H2,29,31,33). The van der Waals surface area contributed by atoms with Gasteiger partial charge < -0.3 is 21.3 Å². The summed E-state index contributed by atoms with van der Waals surface area (Å²) in [6.07, 6.45) is 0. The fourth-order valence-corrected chi connectivity index (χ4v) is 4.54. The van der Waals surface area contributed by atoms with Crippen LogP contribution in [-0.4, -0.2) is 16.3 Å². The minimum absolute atomic E-state index is 0.300. The lowest BCUT2D eigenvalue weighted by molar-refractivity contribution is 0.261. The van der Waals surface area contributed by atoms with Gasteiger partial charge in [0.15, 0.2) is 0 Å². The van der Waals surface area contributed by atoms with Gasteiger partial charge in [0, 0.05) is 22.7 Å². The molecule has 4 amide bonds. The summed E-state index contributed by atoms with van der Waals surface area (Å²) in [7, 11) is -3.28. The Kier molecular flexibility index (Phi) is 7.08. The Labute approximate surface area is 203 Å². The first-order valence-electron chi connectivity index (χ1n) is 10.7. The molecule has 4 aromatic carbocycles. The second-order valence-electron chi connectivity index (χ2n) is 7.50. The van der Waals surface area contributed by atoms with E-state index in [1.165, 1.54) is 0 Å². The van der Waals surface area contributed by atoms with Crippen molar-refractivity contribution in [3.8, 4) is 0 Å². The highest BCUT2D eigenvalue weighted by Crippen LogP contribution is 2.24. The van der Waals surface area contributed by atoms with Crippen molar-refractivity contribution in [2.75, 3.05) is 21.3 Å². The number of anilines is 4. The number of carbonyl (C=O) groups is 2. The minimum atomic E-state index is -3.28. The van der Waals surface area contributed by atoms with Crippen molar-refractivity contribution in [1.29, 1.82) is 4.78 Å². The van der Waals surface area contributed by atoms with Crippen LogP contribution in [0.25, 0.3) is 0 Å². The molecule has 35 heavy (non-hydrogen) atoms. The second-order valence-corrected chi connectivity index (χ2v) is 9.55. The van der Waals surface area contributed by atoms with E-state index < -0.39 is 21.8 Å². The summed E-state index contributed by atoms with van der Waals surface area (Å²) < 4.78 is 21.7. The molecule has 0 heterocycles. The Morgan fingerprint density at radius 1 is 0.486 bits per heavy atom. The molecular formula is C26H23N5O3S. The predicted molar refractivity (Wildman–Crippen MR) is 138 cm³/mol. The molecule has 8 nitrogen and oxygen atoms in total. The van der Waals surface area contributed by atoms with Crippen molar-refractivity contribution in [2.45, 2.75) is 9.79 Å². The molecule has 0 atom stereocenters. The SMILES string of the molecule is N=S(=O)(c1ccc(NC(=O)Nc2ccccc2)cc1)c1ccc(NC(=O)Nc2ccccc2)cc1. The summed E-state index contributed by atoms with van der Waals surface area (Å²) >= 11 is 0. The third-order valence-corrected chi connectivity index (χ3v) is 6.82. The summed E-state index contributed by atoms with van der Waals surface area (Å²) in [6, 6.07) is 29.8. The summed E-state index contributed by atoms with van der Waals surface area (Å²) in [5, 5.41) is 10.8. The van der Waals surface area contributed by atoms with Gasteiger partial charge in [-0.3, -0.25) is 0 Å². The Balaban J connectivity index is 1.38. The van der Waals surface area contributed by atoms with Gasteiger partial charge in [0.2, 0.25) is 0 Å². The summed E-state index contributed by atoms with van der Waals surface area (Å²) in [5.41, 5.74) is 2.32. The number of amides is 4. The van der Waals surface area contributed by atoms with Crippen LogP contribution in [0.5, 0.6) is 0 Å². The van der Waals surface area contributed by atoms with E-state index in [-0.39, 0.29) is 0 Å². The number of rotatable bonds is 6. The van der Waals surface area contributed by atoms with Crippen LogP contribution in [0.1, 0.15) is 0 Å². The van der Waals surface area contributed by atoms with Crippen molar-refractivity contribution in [2.24, 2.45) is 0 Å². The molecule has 0 bridgehead atoms. The van der Waals surface area contributed by atoms with Crippen LogP contribution in [0, 0.1) is 4.78 Å². The van der Waals surface area contributed by atoms with Crippen LogP contribution in [0.15, 0.2) is 119 Å². The average molecular weight is 486 g/mol. The first kappa shape index (κ1) is 23.5. The zero-order valence-electron chi connectivity index (χ0n) is 18.5. The number of hydrogen-bond acceptors (Lipinski definition) is 4. The van der Waals surface area contributed by atoms with Gasteiger partial charge in [-0.1, -0.05) is 36.4 Å². The maximum atomic E-state index is 13.2. The number of benzene rings is 4. The molecule has 0 fully saturated rings. The fourth-order valence-electron chi connectivity index (χ4n) is 3.23. The molecule has 5 N–H and O–H groups in total. The summed E-state index contributed by atoms with van der Waals surface area (Å²) in [5.74, 6) is 0. The molecule has 9 heteroatoms. The zero-order valence-corrected chi connectivity index (χ0v) is 19.3. The van der Waals surface area contributed by atoms with E-state index in [1.54, 1.807) is 72.8 Å². The number of para-hydroxylation sites is 2. The lowest BCUT2D eigenvalue weighted by atomic mass is 10.3. The molecule has 0 aliphatic rings. The van der Waals surface area contributed by atoms with Gasteiger partial charge in [-0.15, -0.1) is 0 Å². The van der Waals surface area contributed by atoms with Gasteiger partial charge in [0.25, 0.3) is 0 Å². The Morgan fingerprint density at radius 2 is 0.771 bits per heavy atom. The molecule has 0 spiro atoms. The normalized spacial score (nSPS) is 10.7. The van der Waals surface area contributed by atoms with Crippen molar-refractivity contribution in [3.05, 3.63) is 109 Å². The molecule has 0 aliphatic heterocycles. The van der Waals surface area contributed by atoms with E-state index in [4.69, 9.17) is 4.78 Å². The Hall–Kier alpha value is -4.63. The summed E-state index contributed by atoms with van der Waals surface area (Å²) in [4.78, 5) is 24.9. The highest BCUT2D eigenvalue weighted by atomic mass is 32.2. The molecule has 0 radical (unpaired) electrons. The van der Waals surface area contributed by atoms with Crippen molar-refractivity contribution in [3.63, 3.8) is 0 Å². The maximum Gasteiger partial charge on any atom is 0.323 e. The van der Waals surface area contributed by atoms with Crippen LogP contribution in [-0.2, 0) is 9.73 Å². The number of carbonyl (C=O) groups excluding carboxylic acids is 2. The maximum absolute atomic E-state index is 13.2. The first-order valence-corrected chi connectivity index (χ1v) is 12.2. The van der Waals surface area contributed by atoms with Gasteiger partial charge in [0.1, 0.15) is 9.73 Å². The van der Waals surface area contributed by atoms with E-state index in [9.17, 15) is 13.8 Å². The highest BCUT2D eigenvalue weighted by molar-refractivity contribution is 7.92. The molecule has 176 valence electrons. The highest BCUT2D eigenvalue weighted by Gasteiger charge is 2.14. The molecule has 0 aromatic heterocycles. The lowest BCUT2D eigenvalue weighted by Gasteiger charge is -2.12. The number of urea groups is 2. The summed E-state index contributed by atoms with van der Waals surface area (Å²) in [6.45, 7) is 0. The first-order chi connectivity index (χ1) is 16.9. The largest absolute Gasteiger partial charge is 0.323 e. The van der Waals surface area contributed by atoms with Gasteiger partial charge in [-0.2, -0.15) is 0 Å².